The summed E-state index contributed by atoms with van der Waals surface area (Å²) >= 11 is 6.05. The Morgan fingerprint density at radius 1 is 1.37 bits per heavy atom. The Kier molecular flexibility index (Phi) is 6.10. The Morgan fingerprint density at radius 2 is 2.05 bits per heavy atom. The molecular weight excluding hydrogens is 286 g/mol. The molecule has 0 heterocycles. The average Bonchev–Trinajstić information content (AvgIpc) is 2.30. The minimum Gasteiger partial charge on any atom is -0.491 e. The summed E-state index contributed by atoms with van der Waals surface area (Å²) in [5, 5.41) is 0.447. The van der Waals surface area contributed by atoms with E-state index in [1.165, 1.54) is 0 Å². The zero-order valence-electron chi connectivity index (χ0n) is 11.2. The van der Waals surface area contributed by atoms with Crippen molar-refractivity contribution >= 4 is 21.4 Å². The first-order valence-corrected chi connectivity index (χ1v) is 8.44. The van der Waals surface area contributed by atoms with Crippen molar-refractivity contribution in [2.75, 3.05) is 18.1 Å². The molecule has 108 valence electrons. The number of rotatable bonds is 7. The summed E-state index contributed by atoms with van der Waals surface area (Å²) in [6.45, 7) is 3.81. The predicted molar refractivity (Wildman–Crippen MR) is 78.5 cm³/mol. The monoisotopic (exact) mass is 305 g/mol. The maximum absolute atomic E-state index is 11.5. The fourth-order valence-electron chi connectivity index (χ4n) is 1.61. The van der Waals surface area contributed by atoms with E-state index in [1.54, 1.807) is 12.1 Å². The number of nitrogens with two attached hydrogens (primary N) is 1. The van der Waals surface area contributed by atoms with E-state index in [2.05, 4.69) is 0 Å². The molecule has 0 fully saturated rings. The highest BCUT2D eigenvalue weighted by Crippen LogP contribution is 2.27. The molecular formula is C13H20ClNO3S. The van der Waals surface area contributed by atoms with E-state index in [9.17, 15) is 8.42 Å². The topological polar surface area (TPSA) is 69.4 Å². The number of benzene rings is 1. The van der Waals surface area contributed by atoms with E-state index in [4.69, 9.17) is 22.1 Å². The van der Waals surface area contributed by atoms with Crippen molar-refractivity contribution in [1.82, 2.24) is 0 Å². The van der Waals surface area contributed by atoms with Crippen LogP contribution in [0.2, 0.25) is 5.02 Å². The second kappa shape index (κ2) is 7.12. The fourth-order valence-corrected chi connectivity index (χ4v) is 3.02. The minimum atomic E-state index is -3.02. The quantitative estimate of drug-likeness (QED) is 0.840. The molecule has 1 aromatic carbocycles. The van der Waals surface area contributed by atoms with E-state index in [0.717, 1.165) is 5.56 Å². The van der Waals surface area contributed by atoms with Crippen molar-refractivity contribution in [2.45, 2.75) is 26.3 Å². The lowest BCUT2D eigenvalue weighted by Crippen LogP contribution is -2.16. The summed E-state index contributed by atoms with van der Waals surface area (Å²) in [6, 6.07) is 5.18. The van der Waals surface area contributed by atoms with Crippen molar-refractivity contribution in [2.24, 2.45) is 5.73 Å². The number of halogens is 1. The molecule has 1 atom stereocenters. The molecule has 0 saturated heterocycles. The van der Waals surface area contributed by atoms with Gasteiger partial charge in [0.15, 0.2) is 9.84 Å². The highest BCUT2D eigenvalue weighted by atomic mass is 35.5. The molecule has 0 spiro atoms. The third-order valence-electron chi connectivity index (χ3n) is 2.65. The van der Waals surface area contributed by atoms with Gasteiger partial charge in [-0.15, -0.1) is 0 Å². The molecule has 0 bridgehead atoms. The first-order chi connectivity index (χ1) is 8.85. The zero-order chi connectivity index (χ0) is 14.5. The Bertz CT molecular complexity index is 515. The maximum atomic E-state index is 11.5. The van der Waals surface area contributed by atoms with Gasteiger partial charge >= 0.3 is 0 Å². The van der Waals surface area contributed by atoms with Crippen LogP contribution >= 0.6 is 11.6 Å². The molecule has 19 heavy (non-hydrogen) atoms. The summed E-state index contributed by atoms with van der Waals surface area (Å²) in [5.41, 5.74) is 6.66. The van der Waals surface area contributed by atoms with Crippen LogP contribution in [0.3, 0.4) is 0 Å². The molecule has 1 rings (SSSR count). The molecule has 6 heteroatoms. The van der Waals surface area contributed by atoms with Gasteiger partial charge < -0.3 is 10.5 Å². The van der Waals surface area contributed by atoms with Crippen LogP contribution in [0, 0.1) is 0 Å². The van der Waals surface area contributed by atoms with Crippen LogP contribution in [-0.2, 0) is 9.84 Å². The molecule has 1 aromatic rings. The maximum Gasteiger partial charge on any atom is 0.153 e. The van der Waals surface area contributed by atoms with Crippen molar-refractivity contribution in [1.29, 1.82) is 0 Å². The first-order valence-electron chi connectivity index (χ1n) is 6.24. The van der Waals surface area contributed by atoms with E-state index in [0.29, 0.717) is 17.2 Å². The highest BCUT2D eigenvalue weighted by Gasteiger charge is 2.11. The third-order valence-corrected chi connectivity index (χ3v) is 4.76. The van der Waals surface area contributed by atoms with Crippen LogP contribution in [0.5, 0.6) is 5.75 Å². The van der Waals surface area contributed by atoms with Gasteiger partial charge in [-0.25, -0.2) is 8.42 Å². The lowest BCUT2D eigenvalue weighted by Gasteiger charge is -2.11. The summed E-state index contributed by atoms with van der Waals surface area (Å²) in [7, 11) is -3.02. The van der Waals surface area contributed by atoms with Gasteiger partial charge in [0.1, 0.15) is 12.4 Å². The van der Waals surface area contributed by atoms with E-state index in [1.807, 2.05) is 19.9 Å². The molecule has 0 amide bonds. The highest BCUT2D eigenvalue weighted by molar-refractivity contribution is 7.91. The molecule has 0 aromatic heterocycles. The lowest BCUT2D eigenvalue weighted by atomic mass is 10.1. The molecule has 0 aliphatic heterocycles. The Labute approximate surface area is 119 Å². The van der Waals surface area contributed by atoms with Crippen molar-refractivity contribution in [3.63, 3.8) is 0 Å². The van der Waals surface area contributed by atoms with Crippen LogP contribution in [-0.4, -0.2) is 26.5 Å². The van der Waals surface area contributed by atoms with E-state index >= 15 is 0 Å². The average molecular weight is 306 g/mol. The van der Waals surface area contributed by atoms with Gasteiger partial charge in [-0.05, 0) is 31.0 Å². The molecule has 2 N–H and O–H groups in total. The van der Waals surface area contributed by atoms with Gasteiger partial charge in [0.05, 0.1) is 16.5 Å². The lowest BCUT2D eigenvalue weighted by molar-refractivity contribution is 0.341. The molecule has 0 aliphatic carbocycles. The van der Waals surface area contributed by atoms with Crippen LogP contribution in [0.1, 0.15) is 31.9 Å². The fraction of sp³-hybridized carbons (Fsp3) is 0.538. The number of hydrogen-bond donors (Lipinski definition) is 1. The third kappa shape index (κ3) is 5.38. The zero-order valence-corrected chi connectivity index (χ0v) is 12.8. The summed E-state index contributed by atoms with van der Waals surface area (Å²) in [6.07, 6.45) is 0.617. The molecule has 0 saturated carbocycles. The summed E-state index contributed by atoms with van der Waals surface area (Å²) in [4.78, 5) is 0. The molecule has 4 nitrogen and oxygen atoms in total. The van der Waals surface area contributed by atoms with Crippen molar-refractivity contribution in [3.8, 4) is 5.75 Å². The van der Waals surface area contributed by atoms with E-state index in [-0.39, 0.29) is 24.2 Å². The molecule has 1 unspecified atom stereocenters. The van der Waals surface area contributed by atoms with Crippen molar-refractivity contribution in [3.05, 3.63) is 28.8 Å². The smallest absolute Gasteiger partial charge is 0.153 e. The van der Waals surface area contributed by atoms with Crippen molar-refractivity contribution < 1.29 is 13.2 Å². The largest absolute Gasteiger partial charge is 0.491 e. The van der Waals surface area contributed by atoms with Gasteiger partial charge in [-0.3, -0.25) is 0 Å². The van der Waals surface area contributed by atoms with Crippen LogP contribution < -0.4 is 10.5 Å². The normalized spacial score (nSPS) is 13.3. The second-order valence-corrected chi connectivity index (χ2v) is 7.19. The molecule has 0 radical (unpaired) electrons. The number of hydrogen-bond acceptors (Lipinski definition) is 4. The number of sulfone groups is 1. The minimum absolute atomic E-state index is 0.00616. The van der Waals surface area contributed by atoms with E-state index < -0.39 is 9.84 Å². The van der Waals surface area contributed by atoms with Crippen LogP contribution in [0.15, 0.2) is 18.2 Å². The van der Waals surface area contributed by atoms with Gasteiger partial charge in [-0.2, -0.15) is 0 Å². The Balaban J connectivity index is 2.59. The van der Waals surface area contributed by atoms with Gasteiger partial charge in [-0.1, -0.05) is 24.6 Å². The standard InChI is InChI=1S/C13H20ClNO3S/c1-3-7-19(16,17)8-6-18-13-5-4-11(10(2)15)9-12(13)14/h4-5,9-10H,3,6-8,15H2,1-2H3. The Hall–Kier alpha value is -0.780. The number of ether oxygens (including phenoxy) is 1. The first kappa shape index (κ1) is 16.3. The Morgan fingerprint density at radius 3 is 2.58 bits per heavy atom. The summed E-state index contributed by atoms with van der Waals surface area (Å²) in [5.74, 6) is 0.678. The van der Waals surface area contributed by atoms with Gasteiger partial charge in [0.25, 0.3) is 0 Å². The van der Waals surface area contributed by atoms with Gasteiger partial charge in [0.2, 0.25) is 0 Å². The summed E-state index contributed by atoms with van der Waals surface area (Å²) < 4.78 is 28.4. The second-order valence-electron chi connectivity index (χ2n) is 4.48. The van der Waals surface area contributed by atoms with Crippen LogP contribution in [0.4, 0.5) is 0 Å². The predicted octanol–water partition coefficient (Wildman–Crippen LogP) is 2.56. The SMILES string of the molecule is CCCS(=O)(=O)CCOc1ccc(C(C)N)cc1Cl. The van der Waals surface area contributed by atoms with Crippen LogP contribution in [0.25, 0.3) is 0 Å². The van der Waals surface area contributed by atoms with Gasteiger partial charge in [0, 0.05) is 6.04 Å². The molecule has 0 aliphatic rings.